The van der Waals surface area contributed by atoms with Gasteiger partial charge in [0.2, 0.25) is 5.91 Å². The normalized spacial score (nSPS) is 11.0. The minimum atomic E-state index is -1.24. The summed E-state index contributed by atoms with van der Waals surface area (Å²) < 4.78 is 5.48. The van der Waals surface area contributed by atoms with Crippen LogP contribution < -0.4 is 10.1 Å². The largest absolute Gasteiger partial charge is 0.494 e. The van der Waals surface area contributed by atoms with Gasteiger partial charge in [0, 0.05) is 6.42 Å². The van der Waals surface area contributed by atoms with Gasteiger partial charge in [0.1, 0.15) is 11.3 Å². The van der Waals surface area contributed by atoms with Gasteiger partial charge in [-0.2, -0.15) is 0 Å². The van der Waals surface area contributed by atoms with Crippen LogP contribution in [0.2, 0.25) is 0 Å². The molecule has 0 aromatic heterocycles. The number of benzene rings is 1. The maximum atomic E-state index is 11.7. The maximum absolute atomic E-state index is 11.7. The third-order valence-electron chi connectivity index (χ3n) is 3.02. The summed E-state index contributed by atoms with van der Waals surface area (Å²) in [6, 6.07) is 7.59. The highest BCUT2D eigenvalue weighted by atomic mass is 16.5. The molecule has 1 amide bonds. The number of hydrogen-bond donors (Lipinski definition) is 2. The van der Waals surface area contributed by atoms with E-state index in [9.17, 15) is 9.59 Å². The number of carboxylic acids is 1. The molecule has 0 unspecified atom stereocenters. The maximum Gasteiger partial charge on any atom is 0.328 e. The number of ether oxygens (including phenoxy) is 1. The van der Waals surface area contributed by atoms with Crippen LogP contribution in [0.15, 0.2) is 24.3 Å². The summed E-state index contributed by atoms with van der Waals surface area (Å²) in [5, 5.41) is 11.5. The Bertz CT molecular complexity index is 480. The average molecular weight is 293 g/mol. The SMILES string of the molecule is CCCOc1ccc(CCC(=O)NC(C)(C)C(=O)O)cc1. The van der Waals surface area contributed by atoms with E-state index in [-0.39, 0.29) is 12.3 Å². The summed E-state index contributed by atoms with van der Waals surface area (Å²) in [6.45, 7) is 5.66. The number of rotatable bonds is 8. The molecule has 5 nitrogen and oxygen atoms in total. The Kier molecular flexibility index (Phi) is 6.21. The van der Waals surface area contributed by atoms with E-state index in [4.69, 9.17) is 9.84 Å². The Labute approximate surface area is 125 Å². The molecule has 0 fully saturated rings. The van der Waals surface area contributed by atoms with Gasteiger partial charge in [-0.15, -0.1) is 0 Å². The van der Waals surface area contributed by atoms with E-state index in [1.165, 1.54) is 13.8 Å². The van der Waals surface area contributed by atoms with Crippen LogP contribution in [-0.4, -0.2) is 29.1 Å². The second-order valence-corrected chi connectivity index (χ2v) is 5.47. The summed E-state index contributed by atoms with van der Waals surface area (Å²) in [7, 11) is 0. The molecule has 116 valence electrons. The minimum Gasteiger partial charge on any atom is -0.494 e. The number of aryl methyl sites for hydroxylation is 1. The smallest absolute Gasteiger partial charge is 0.328 e. The number of nitrogens with one attached hydrogen (secondary N) is 1. The zero-order chi connectivity index (χ0) is 15.9. The van der Waals surface area contributed by atoms with Crippen LogP contribution in [0.4, 0.5) is 0 Å². The van der Waals surface area contributed by atoms with Gasteiger partial charge < -0.3 is 15.2 Å². The highest BCUT2D eigenvalue weighted by Gasteiger charge is 2.28. The number of carboxylic acid groups (broad SMARTS) is 1. The molecule has 2 N–H and O–H groups in total. The number of hydrogen-bond acceptors (Lipinski definition) is 3. The lowest BCUT2D eigenvalue weighted by Gasteiger charge is -2.20. The van der Waals surface area contributed by atoms with Crippen LogP contribution in [0, 0.1) is 0 Å². The molecule has 0 spiro atoms. The van der Waals surface area contributed by atoms with Crippen molar-refractivity contribution in [1.29, 1.82) is 0 Å². The molecule has 21 heavy (non-hydrogen) atoms. The van der Waals surface area contributed by atoms with Gasteiger partial charge in [-0.25, -0.2) is 4.79 Å². The Balaban J connectivity index is 2.44. The van der Waals surface area contributed by atoms with Gasteiger partial charge in [-0.05, 0) is 44.4 Å². The molecule has 0 aliphatic heterocycles. The molecule has 1 aromatic rings. The predicted octanol–water partition coefficient (Wildman–Crippen LogP) is 2.39. The second kappa shape index (κ2) is 7.67. The van der Waals surface area contributed by atoms with Crippen molar-refractivity contribution >= 4 is 11.9 Å². The van der Waals surface area contributed by atoms with Crippen molar-refractivity contribution in [3.63, 3.8) is 0 Å². The average Bonchev–Trinajstić information content (AvgIpc) is 2.43. The van der Waals surface area contributed by atoms with Gasteiger partial charge in [-0.3, -0.25) is 4.79 Å². The predicted molar refractivity (Wildman–Crippen MR) is 80.4 cm³/mol. The summed E-state index contributed by atoms with van der Waals surface area (Å²) in [6.07, 6.45) is 1.78. The van der Waals surface area contributed by atoms with Crippen molar-refractivity contribution in [3.05, 3.63) is 29.8 Å². The second-order valence-electron chi connectivity index (χ2n) is 5.47. The zero-order valence-corrected chi connectivity index (χ0v) is 12.8. The summed E-state index contributed by atoms with van der Waals surface area (Å²) in [5.74, 6) is -0.501. The van der Waals surface area contributed by atoms with E-state index in [1.54, 1.807) is 0 Å². The van der Waals surface area contributed by atoms with Gasteiger partial charge in [0.05, 0.1) is 6.61 Å². The molecule has 1 rings (SSSR count). The molecule has 0 aliphatic carbocycles. The van der Waals surface area contributed by atoms with Crippen molar-refractivity contribution in [2.45, 2.75) is 45.6 Å². The summed E-state index contributed by atoms with van der Waals surface area (Å²) in [5.41, 5.74) is -0.225. The van der Waals surface area contributed by atoms with Gasteiger partial charge in [0.25, 0.3) is 0 Å². The third kappa shape index (κ3) is 5.85. The fraction of sp³-hybridized carbons (Fsp3) is 0.500. The van der Waals surface area contributed by atoms with Crippen LogP contribution in [-0.2, 0) is 16.0 Å². The molecule has 0 saturated heterocycles. The van der Waals surface area contributed by atoms with E-state index >= 15 is 0 Å². The third-order valence-corrected chi connectivity index (χ3v) is 3.02. The lowest BCUT2D eigenvalue weighted by molar-refractivity contribution is -0.146. The Morgan fingerprint density at radius 1 is 1.24 bits per heavy atom. The lowest BCUT2D eigenvalue weighted by atomic mass is 10.0. The van der Waals surface area contributed by atoms with E-state index in [1.807, 2.05) is 31.2 Å². The first-order chi connectivity index (χ1) is 9.85. The fourth-order valence-corrected chi connectivity index (χ4v) is 1.69. The van der Waals surface area contributed by atoms with Gasteiger partial charge in [-0.1, -0.05) is 19.1 Å². The van der Waals surface area contributed by atoms with Crippen LogP contribution in [0.5, 0.6) is 5.75 Å². The zero-order valence-electron chi connectivity index (χ0n) is 12.8. The quantitative estimate of drug-likeness (QED) is 0.771. The lowest BCUT2D eigenvalue weighted by Crippen LogP contribution is -2.49. The Morgan fingerprint density at radius 2 is 1.86 bits per heavy atom. The molecule has 0 bridgehead atoms. The van der Waals surface area contributed by atoms with Crippen molar-refractivity contribution in [3.8, 4) is 5.75 Å². The summed E-state index contributed by atoms with van der Waals surface area (Å²) >= 11 is 0. The molecule has 5 heteroatoms. The first-order valence-corrected chi connectivity index (χ1v) is 7.11. The van der Waals surface area contributed by atoms with E-state index in [2.05, 4.69) is 5.32 Å². The monoisotopic (exact) mass is 293 g/mol. The van der Waals surface area contributed by atoms with Crippen LogP contribution in [0.1, 0.15) is 39.2 Å². The first-order valence-electron chi connectivity index (χ1n) is 7.11. The fourth-order valence-electron chi connectivity index (χ4n) is 1.69. The van der Waals surface area contributed by atoms with Crippen molar-refractivity contribution in [2.24, 2.45) is 0 Å². The molecular weight excluding hydrogens is 270 g/mol. The van der Waals surface area contributed by atoms with Crippen molar-refractivity contribution in [1.82, 2.24) is 5.32 Å². The number of carbonyl (C=O) groups is 2. The number of carbonyl (C=O) groups excluding carboxylic acids is 1. The molecule has 0 aliphatic rings. The topological polar surface area (TPSA) is 75.6 Å². The van der Waals surface area contributed by atoms with Crippen LogP contribution in [0.25, 0.3) is 0 Å². The highest BCUT2D eigenvalue weighted by molar-refractivity contribution is 5.86. The minimum absolute atomic E-state index is 0.256. The Morgan fingerprint density at radius 3 is 2.38 bits per heavy atom. The number of amides is 1. The molecule has 0 radical (unpaired) electrons. The first kappa shape index (κ1) is 17.0. The summed E-state index contributed by atoms with van der Waals surface area (Å²) in [4.78, 5) is 22.7. The van der Waals surface area contributed by atoms with Crippen molar-refractivity contribution in [2.75, 3.05) is 6.61 Å². The molecule has 1 aromatic carbocycles. The van der Waals surface area contributed by atoms with E-state index in [0.717, 1.165) is 17.7 Å². The molecule has 0 saturated carbocycles. The standard InChI is InChI=1S/C16H23NO4/c1-4-11-21-13-8-5-12(6-9-13)7-10-14(18)17-16(2,3)15(19)20/h5-6,8-9H,4,7,10-11H2,1-3H3,(H,17,18)(H,19,20). The van der Waals surface area contributed by atoms with Gasteiger partial charge >= 0.3 is 5.97 Å². The Hall–Kier alpha value is -2.04. The van der Waals surface area contributed by atoms with Crippen molar-refractivity contribution < 1.29 is 19.4 Å². The van der Waals surface area contributed by atoms with E-state index in [0.29, 0.717) is 13.0 Å². The van der Waals surface area contributed by atoms with Crippen LogP contribution >= 0.6 is 0 Å². The molecular formula is C16H23NO4. The highest BCUT2D eigenvalue weighted by Crippen LogP contribution is 2.14. The molecule has 0 heterocycles. The number of aliphatic carboxylic acids is 1. The molecule has 0 atom stereocenters. The van der Waals surface area contributed by atoms with Crippen LogP contribution in [0.3, 0.4) is 0 Å². The van der Waals surface area contributed by atoms with Gasteiger partial charge in [0.15, 0.2) is 0 Å². The van der Waals surface area contributed by atoms with E-state index < -0.39 is 11.5 Å².